The van der Waals surface area contributed by atoms with E-state index in [1.165, 1.54) is 23.0 Å². The minimum Gasteiger partial charge on any atom is -0.479 e. The van der Waals surface area contributed by atoms with E-state index in [9.17, 15) is 14.0 Å². The molecule has 3 aromatic rings. The van der Waals surface area contributed by atoms with Crippen LogP contribution in [0, 0.1) is 12.7 Å². The van der Waals surface area contributed by atoms with Crippen molar-refractivity contribution in [3.05, 3.63) is 58.1 Å². The summed E-state index contributed by atoms with van der Waals surface area (Å²) in [6.45, 7) is 2.12. The van der Waals surface area contributed by atoms with Crippen LogP contribution >= 0.6 is 11.6 Å². The minimum absolute atomic E-state index is 0.0243. The first-order valence-corrected chi connectivity index (χ1v) is 10.6. The zero-order chi connectivity index (χ0) is 24.2. The number of tetrazole rings is 1. The van der Waals surface area contributed by atoms with Gasteiger partial charge >= 0.3 is 5.97 Å². The van der Waals surface area contributed by atoms with Crippen molar-refractivity contribution in [3.8, 4) is 11.4 Å². The number of pyridine rings is 1. The fourth-order valence-electron chi connectivity index (χ4n) is 3.25. The number of hydrogen-bond donors (Lipinski definition) is 2. The molecule has 0 spiro atoms. The van der Waals surface area contributed by atoms with Gasteiger partial charge in [0.25, 0.3) is 5.91 Å². The maximum absolute atomic E-state index is 13.3. The Morgan fingerprint density at radius 3 is 2.79 bits per heavy atom. The number of aromatic nitrogens is 5. The molecule has 1 amide bonds. The highest BCUT2D eigenvalue weighted by atomic mass is 35.5. The lowest BCUT2D eigenvalue weighted by atomic mass is 10.1. The summed E-state index contributed by atoms with van der Waals surface area (Å²) in [6, 6.07) is 7.46. The van der Waals surface area contributed by atoms with E-state index in [2.05, 4.69) is 25.7 Å². The molecule has 1 aliphatic heterocycles. The van der Waals surface area contributed by atoms with E-state index in [0.29, 0.717) is 16.8 Å². The Bertz CT molecular complexity index is 1210. The minimum atomic E-state index is -1.08. The van der Waals surface area contributed by atoms with Gasteiger partial charge in [0, 0.05) is 17.8 Å². The van der Waals surface area contributed by atoms with Crippen LogP contribution in [-0.2, 0) is 27.4 Å². The Morgan fingerprint density at radius 2 is 2.09 bits per heavy atom. The fraction of sp³-hybridized carbons (Fsp3) is 0.333. The number of nitrogens with one attached hydrogen (secondary N) is 1. The Hall–Kier alpha value is -3.48. The number of halogens is 2. The number of carboxylic acid groups (broad SMARTS) is 1. The molecule has 34 heavy (non-hydrogen) atoms. The molecule has 2 atom stereocenters. The summed E-state index contributed by atoms with van der Waals surface area (Å²) in [6.07, 6.45) is -1.40. The van der Waals surface area contributed by atoms with Crippen LogP contribution in [0.2, 0.25) is 5.02 Å². The molecule has 0 bridgehead atoms. The summed E-state index contributed by atoms with van der Waals surface area (Å²) < 4.78 is 24.0. The number of carboxylic acids is 1. The quantitative estimate of drug-likeness (QED) is 0.505. The smallest absolute Gasteiger partial charge is 0.335 e. The summed E-state index contributed by atoms with van der Waals surface area (Å²) >= 11 is 5.78. The van der Waals surface area contributed by atoms with Crippen LogP contribution in [0.4, 0.5) is 4.39 Å². The number of aryl methyl sites for hydroxylation is 1. The van der Waals surface area contributed by atoms with Crippen LogP contribution in [0.1, 0.15) is 21.7 Å². The lowest BCUT2D eigenvalue weighted by Gasteiger charge is -2.26. The molecule has 2 aromatic heterocycles. The standard InChI is InChI=1S/C21H20ClFN6O5/c1-11-4-13(6-17(25-11)20(30)24-7-12-2-3-16(23)15(22)5-12)19-26-28-29(27-19)8-14-9-34-18(10-33-14)21(31)32/h2-6,14,18H,7-10H2,1H3,(H,24,30)(H,31,32)/t14-,18+/m1/s1. The molecule has 0 unspecified atom stereocenters. The van der Waals surface area contributed by atoms with Crippen molar-refractivity contribution in [2.24, 2.45) is 0 Å². The summed E-state index contributed by atoms with van der Waals surface area (Å²) in [5, 5.41) is 24.0. The molecule has 0 aliphatic carbocycles. The van der Waals surface area contributed by atoms with Crippen molar-refractivity contribution >= 4 is 23.5 Å². The zero-order valence-electron chi connectivity index (χ0n) is 17.9. The van der Waals surface area contributed by atoms with Gasteiger partial charge in [-0.05, 0) is 42.0 Å². The van der Waals surface area contributed by atoms with Gasteiger partial charge in [-0.25, -0.2) is 14.2 Å². The second-order valence-corrected chi connectivity index (χ2v) is 8.00. The number of amides is 1. The number of ether oxygens (including phenoxy) is 2. The SMILES string of the molecule is Cc1cc(-c2nnn(C[C@@H]3CO[C@H](C(=O)O)CO3)n2)cc(C(=O)NCc2ccc(F)c(Cl)c2)n1. The fourth-order valence-corrected chi connectivity index (χ4v) is 3.45. The number of benzene rings is 1. The van der Waals surface area contributed by atoms with Gasteiger partial charge in [-0.15, -0.1) is 10.2 Å². The molecule has 3 heterocycles. The molecule has 0 radical (unpaired) electrons. The van der Waals surface area contributed by atoms with Gasteiger partial charge < -0.3 is 19.9 Å². The van der Waals surface area contributed by atoms with Crippen molar-refractivity contribution in [1.29, 1.82) is 0 Å². The number of nitrogens with zero attached hydrogens (tertiary/aromatic N) is 5. The Kier molecular flexibility index (Phi) is 7.10. The van der Waals surface area contributed by atoms with Crippen LogP contribution in [0.25, 0.3) is 11.4 Å². The van der Waals surface area contributed by atoms with E-state index in [-0.39, 0.29) is 42.8 Å². The maximum Gasteiger partial charge on any atom is 0.335 e. The number of carbonyl (C=O) groups is 2. The zero-order valence-corrected chi connectivity index (χ0v) is 18.7. The topological polar surface area (TPSA) is 141 Å². The Labute approximate surface area is 197 Å². The highest BCUT2D eigenvalue weighted by Crippen LogP contribution is 2.18. The first kappa shape index (κ1) is 23.7. The molecule has 178 valence electrons. The third-order valence-corrected chi connectivity index (χ3v) is 5.23. The van der Waals surface area contributed by atoms with Crippen LogP contribution < -0.4 is 5.32 Å². The predicted octanol–water partition coefficient (Wildman–Crippen LogP) is 1.63. The second-order valence-electron chi connectivity index (χ2n) is 7.60. The van der Waals surface area contributed by atoms with Gasteiger partial charge in [-0.1, -0.05) is 17.7 Å². The molecule has 13 heteroatoms. The molecule has 1 aromatic carbocycles. The molecular formula is C21H20ClFN6O5. The lowest BCUT2D eigenvalue weighted by molar-refractivity contribution is -0.177. The molecule has 1 aliphatic rings. The van der Waals surface area contributed by atoms with E-state index in [1.807, 2.05) is 0 Å². The van der Waals surface area contributed by atoms with Crippen molar-refractivity contribution in [1.82, 2.24) is 30.5 Å². The molecule has 0 saturated carbocycles. The van der Waals surface area contributed by atoms with Gasteiger partial charge in [-0.3, -0.25) is 4.79 Å². The van der Waals surface area contributed by atoms with E-state index < -0.39 is 29.9 Å². The average molecular weight is 491 g/mol. The van der Waals surface area contributed by atoms with E-state index in [0.717, 1.165) is 0 Å². The van der Waals surface area contributed by atoms with Gasteiger partial charge in [-0.2, -0.15) is 4.80 Å². The van der Waals surface area contributed by atoms with Crippen LogP contribution in [0.3, 0.4) is 0 Å². The predicted molar refractivity (Wildman–Crippen MR) is 115 cm³/mol. The van der Waals surface area contributed by atoms with Crippen molar-refractivity contribution < 1.29 is 28.6 Å². The lowest BCUT2D eigenvalue weighted by Crippen LogP contribution is -2.42. The summed E-state index contributed by atoms with van der Waals surface area (Å²) in [7, 11) is 0. The van der Waals surface area contributed by atoms with E-state index >= 15 is 0 Å². The molecule has 4 rings (SSSR count). The van der Waals surface area contributed by atoms with Gasteiger partial charge in [0.2, 0.25) is 5.82 Å². The largest absolute Gasteiger partial charge is 0.479 e. The summed E-state index contributed by atoms with van der Waals surface area (Å²) in [5.41, 5.74) is 1.91. The Morgan fingerprint density at radius 1 is 1.26 bits per heavy atom. The third kappa shape index (κ3) is 5.71. The van der Waals surface area contributed by atoms with Crippen LogP contribution in [0.15, 0.2) is 30.3 Å². The first-order valence-electron chi connectivity index (χ1n) is 10.2. The maximum atomic E-state index is 13.3. The van der Waals surface area contributed by atoms with Crippen molar-refractivity contribution in [3.63, 3.8) is 0 Å². The number of carbonyl (C=O) groups excluding carboxylic acids is 1. The molecule has 1 fully saturated rings. The highest BCUT2D eigenvalue weighted by molar-refractivity contribution is 6.30. The van der Waals surface area contributed by atoms with Gasteiger partial charge in [0.1, 0.15) is 17.6 Å². The summed E-state index contributed by atoms with van der Waals surface area (Å²) in [4.78, 5) is 29.1. The second kappa shape index (κ2) is 10.2. The number of aliphatic carboxylic acids is 1. The molecular weight excluding hydrogens is 471 g/mol. The monoisotopic (exact) mass is 490 g/mol. The number of hydrogen-bond acceptors (Lipinski definition) is 8. The highest BCUT2D eigenvalue weighted by Gasteiger charge is 2.28. The summed E-state index contributed by atoms with van der Waals surface area (Å²) in [5.74, 6) is -1.76. The van der Waals surface area contributed by atoms with Gasteiger partial charge in [0.15, 0.2) is 6.10 Å². The third-order valence-electron chi connectivity index (χ3n) is 4.94. The normalized spacial score (nSPS) is 18.0. The first-order chi connectivity index (χ1) is 16.3. The van der Waals surface area contributed by atoms with Crippen molar-refractivity contribution in [2.45, 2.75) is 32.2 Å². The van der Waals surface area contributed by atoms with E-state index in [4.69, 9.17) is 26.2 Å². The molecule has 2 N–H and O–H groups in total. The average Bonchev–Trinajstić information content (AvgIpc) is 3.28. The van der Waals surface area contributed by atoms with Crippen molar-refractivity contribution in [2.75, 3.05) is 13.2 Å². The molecule has 1 saturated heterocycles. The Balaban J connectivity index is 1.41. The molecule has 11 nitrogen and oxygen atoms in total. The van der Waals surface area contributed by atoms with Crippen LogP contribution in [0.5, 0.6) is 0 Å². The van der Waals surface area contributed by atoms with Crippen LogP contribution in [-0.4, -0.2) is 67.6 Å². The van der Waals surface area contributed by atoms with E-state index in [1.54, 1.807) is 19.1 Å². The number of rotatable bonds is 7. The van der Waals surface area contributed by atoms with Gasteiger partial charge in [0.05, 0.1) is 24.8 Å².